The van der Waals surface area contributed by atoms with E-state index in [4.69, 9.17) is 0 Å². The van der Waals surface area contributed by atoms with Gasteiger partial charge in [-0.2, -0.15) is 0 Å². The maximum atomic E-state index is 12.4. The fourth-order valence-corrected chi connectivity index (χ4v) is 2.90. The number of hydrogen-bond acceptors (Lipinski definition) is 3. The Labute approximate surface area is 108 Å². The molecule has 2 aliphatic rings. The first-order chi connectivity index (χ1) is 8.59. The van der Waals surface area contributed by atoms with Crippen molar-refractivity contribution >= 4 is 11.8 Å². The highest BCUT2D eigenvalue weighted by Crippen LogP contribution is 2.20. The molecule has 0 saturated carbocycles. The molecule has 0 aromatic rings. The Morgan fingerprint density at radius 1 is 1.33 bits per heavy atom. The molecular weight excluding hydrogens is 230 g/mol. The zero-order valence-electron chi connectivity index (χ0n) is 11.3. The van der Waals surface area contributed by atoms with Crippen LogP contribution >= 0.6 is 0 Å². The summed E-state index contributed by atoms with van der Waals surface area (Å²) < 4.78 is 0. The molecule has 102 valence electrons. The summed E-state index contributed by atoms with van der Waals surface area (Å²) >= 11 is 0. The third-order valence-electron chi connectivity index (χ3n) is 4.15. The van der Waals surface area contributed by atoms with E-state index >= 15 is 0 Å². The van der Waals surface area contributed by atoms with Crippen molar-refractivity contribution in [1.29, 1.82) is 0 Å². The van der Waals surface area contributed by atoms with Gasteiger partial charge in [0.15, 0.2) is 0 Å². The zero-order chi connectivity index (χ0) is 13.1. The largest absolute Gasteiger partial charge is 0.342 e. The number of nitrogens with one attached hydrogen (secondary N) is 1. The Balaban J connectivity index is 1.93. The number of amides is 2. The van der Waals surface area contributed by atoms with Crippen molar-refractivity contribution in [2.24, 2.45) is 5.92 Å². The second-order valence-corrected chi connectivity index (χ2v) is 5.40. The molecule has 2 aliphatic heterocycles. The van der Waals surface area contributed by atoms with E-state index in [2.05, 4.69) is 5.32 Å². The average Bonchev–Trinajstić information content (AvgIpc) is 2.91. The monoisotopic (exact) mass is 253 g/mol. The Morgan fingerprint density at radius 2 is 2.11 bits per heavy atom. The van der Waals surface area contributed by atoms with E-state index in [9.17, 15) is 9.59 Å². The Hall–Kier alpha value is -1.10. The number of likely N-dealkylation sites (N-methyl/N-ethyl adjacent to an activating group) is 1. The summed E-state index contributed by atoms with van der Waals surface area (Å²) in [6.45, 7) is 4.86. The molecule has 0 aliphatic carbocycles. The number of nitrogens with zero attached hydrogens (tertiary/aromatic N) is 2. The first-order valence-electron chi connectivity index (χ1n) is 6.82. The van der Waals surface area contributed by atoms with Gasteiger partial charge in [0.2, 0.25) is 11.8 Å². The number of carbonyl (C=O) groups is 2. The van der Waals surface area contributed by atoms with E-state index in [1.165, 1.54) is 0 Å². The lowest BCUT2D eigenvalue weighted by Crippen LogP contribution is -2.48. The second-order valence-electron chi connectivity index (χ2n) is 5.40. The van der Waals surface area contributed by atoms with E-state index in [-0.39, 0.29) is 17.7 Å². The van der Waals surface area contributed by atoms with Gasteiger partial charge in [-0.25, -0.2) is 0 Å². The fourth-order valence-electron chi connectivity index (χ4n) is 2.90. The van der Waals surface area contributed by atoms with Crippen molar-refractivity contribution in [3.8, 4) is 0 Å². The van der Waals surface area contributed by atoms with E-state index in [0.717, 1.165) is 38.9 Å². The zero-order valence-corrected chi connectivity index (χ0v) is 11.3. The SMILES string of the molecule is CC(=O)N1CCCC(C(=O)N(C)C2CCNC2)C1. The highest BCUT2D eigenvalue weighted by molar-refractivity contribution is 5.81. The van der Waals surface area contributed by atoms with Crippen LogP contribution in [0.25, 0.3) is 0 Å². The molecule has 0 aromatic carbocycles. The van der Waals surface area contributed by atoms with Gasteiger partial charge in [0, 0.05) is 39.6 Å². The topological polar surface area (TPSA) is 52.7 Å². The van der Waals surface area contributed by atoms with Gasteiger partial charge in [0.05, 0.1) is 5.92 Å². The van der Waals surface area contributed by atoms with Crippen LogP contribution in [0.4, 0.5) is 0 Å². The van der Waals surface area contributed by atoms with Crippen LogP contribution in [-0.4, -0.2) is 60.9 Å². The van der Waals surface area contributed by atoms with Gasteiger partial charge < -0.3 is 15.1 Å². The molecule has 1 N–H and O–H groups in total. The summed E-state index contributed by atoms with van der Waals surface area (Å²) in [5.74, 6) is 0.278. The van der Waals surface area contributed by atoms with Crippen LogP contribution in [0.2, 0.25) is 0 Å². The smallest absolute Gasteiger partial charge is 0.227 e. The number of rotatable bonds is 2. The number of likely N-dealkylation sites (tertiary alicyclic amines) is 1. The van der Waals surface area contributed by atoms with Gasteiger partial charge in [0.25, 0.3) is 0 Å². The molecule has 2 saturated heterocycles. The molecule has 2 amide bonds. The van der Waals surface area contributed by atoms with Crippen molar-refractivity contribution < 1.29 is 9.59 Å². The number of piperidine rings is 1. The minimum absolute atomic E-state index is 0.00625. The normalized spacial score (nSPS) is 28.2. The highest BCUT2D eigenvalue weighted by atomic mass is 16.2. The summed E-state index contributed by atoms with van der Waals surface area (Å²) in [5, 5.41) is 3.28. The lowest BCUT2D eigenvalue weighted by Gasteiger charge is -2.35. The molecule has 2 fully saturated rings. The van der Waals surface area contributed by atoms with Crippen molar-refractivity contribution in [2.45, 2.75) is 32.2 Å². The van der Waals surface area contributed by atoms with Crippen LogP contribution in [0.3, 0.4) is 0 Å². The minimum Gasteiger partial charge on any atom is -0.342 e. The van der Waals surface area contributed by atoms with Crippen LogP contribution in [0.5, 0.6) is 0 Å². The summed E-state index contributed by atoms with van der Waals surface area (Å²) in [5.41, 5.74) is 0. The van der Waals surface area contributed by atoms with Crippen molar-refractivity contribution in [3.63, 3.8) is 0 Å². The molecule has 5 nitrogen and oxygen atoms in total. The lowest BCUT2D eigenvalue weighted by atomic mass is 9.96. The molecule has 0 radical (unpaired) electrons. The molecule has 0 aromatic heterocycles. The maximum absolute atomic E-state index is 12.4. The van der Waals surface area contributed by atoms with Gasteiger partial charge in [-0.15, -0.1) is 0 Å². The molecule has 2 atom stereocenters. The molecule has 0 spiro atoms. The van der Waals surface area contributed by atoms with Gasteiger partial charge in [-0.3, -0.25) is 9.59 Å². The minimum atomic E-state index is -0.00625. The number of hydrogen-bond donors (Lipinski definition) is 1. The molecule has 2 rings (SSSR count). The lowest BCUT2D eigenvalue weighted by molar-refractivity contribution is -0.140. The predicted molar refractivity (Wildman–Crippen MR) is 69.0 cm³/mol. The Bertz CT molecular complexity index is 326. The third-order valence-corrected chi connectivity index (χ3v) is 4.15. The first-order valence-corrected chi connectivity index (χ1v) is 6.82. The van der Waals surface area contributed by atoms with Gasteiger partial charge in [0.1, 0.15) is 0 Å². The van der Waals surface area contributed by atoms with Crippen molar-refractivity contribution in [2.75, 3.05) is 33.2 Å². The average molecular weight is 253 g/mol. The molecule has 2 unspecified atom stereocenters. The van der Waals surface area contributed by atoms with Gasteiger partial charge >= 0.3 is 0 Å². The highest BCUT2D eigenvalue weighted by Gasteiger charge is 2.32. The molecule has 0 bridgehead atoms. The number of carbonyl (C=O) groups excluding carboxylic acids is 2. The van der Waals surface area contributed by atoms with Crippen LogP contribution < -0.4 is 5.32 Å². The van der Waals surface area contributed by atoms with E-state index < -0.39 is 0 Å². The summed E-state index contributed by atoms with van der Waals surface area (Å²) in [7, 11) is 1.90. The second kappa shape index (κ2) is 5.69. The summed E-state index contributed by atoms with van der Waals surface area (Å²) in [6.07, 6.45) is 2.88. The Kier molecular flexibility index (Phi) is 4.22. The summed E-state index contributed by atoms with van der Waals surface area (Å²) in [4.78, 5) is 27.5. The molecule has 5 heteroatoms. The predicted octanol–water partition coefficient (Wildman–Crippen LogP) is 0.0652. The molecular formula is C13H23N3O2. The first kappa shape index (κ1) is 13.3. The van der Waals surface area contributed by atoms with Gasteiger partial charge in [-0.1, -0.05) is 0 Å². The maximum Gasteiger partial charge on any atom is 0.227 e. The Morgan fingerprint density at radius 3 is 2.72 bits per heavy atom. The van der Waals surface area contributed by atoms with E-state index in [1.807, 2.05) is 11.9 Å². The van der Waals surface area contributed by atoms with Gasteiger partial charge in [-0.05, 0) is 25.8 Å². The standard InChI is InChI=1S/C13H23N3O2/c1-10(17)16-7-3-4-11(9-16)13(18)15(2)12-5-6-14-8-12/h11-12,14H,3-9H2,1-2H3. The van der Waals surface area contributed by atoms with Crippen molar-refractivity contribution in [3.05, 3.63) is 0 Å². The fraction of sp³-hybridized carbons (Fsp3) is 0.846. The van der Waals surface area contributed by atoms with Crippen molar-refractivity contribution in [1.82, 2.24) is 15.1 Å². The quantitative estimate of drug-likeness (QED) is 0.757. The third kappa shape index (κ3) is 2.83. The van der Waals surface area contributed by atoms with E-state index in [1.54, 1.807) is 11.8 Å². The van der Waals surface area contributed by atoms with Crippen LogP contribution in [0, 0.1) is 5.92 Å². The summed E-state index contributed by atoms with van der Waals surface area (Å²) in [6, 6.07) is 0.324. The molecule has 18 heavy (non-hydrogen) atoms. The molecule has 2 heterocycles. The van der Waals surface area contributed by atoms with Crippen LogP contribution in [-0.2, 0) is 9.59 Å². The van der Waals surface area contributed by atoms with Crippen LogP contribution in [0.15, 0.2) is 0 Å². The van der Waals surface area contributed by atoms with Crippen LogP contribution in [0.1, 0.15) is 26.2 Å². The van der Waals surface area contributed by atoms with E-state index in [0.29, 0.717) is 12.6 Å².